The molecule has 0 aliphatic rings. The van der Waals surface area contributed by atoms with Crippen molar-refractivity contribution in [3.63, 3.8) is 0 Å². The molecule has 11 nitrogen and oxygen atoms in total. The van der Waals surface area contributed by atoms with E-state index in [1.165, 1.54) is 18.7 Å². The molecule has 0 rings (SSSR count). The summed E-state index contributed by atoms with van der Waals surface area (Å²) in [5.41, 5.74) is 11.1. The summed E-state index contributed by atoms with van der Waals surface area (Å²) in [5, 5.41) is 16.1. The SMILES string of the molecule is CCC(C)C(N)C(=O)NC(CC(N)=O)C(=O)NC(CCSC)C(=O)NC(C)C(=O)O. The molecule has 0 bridgehead atoms. The van der Waals surface area contributed by atoms with Crippen molar-refractivity contribution in [3.05, 3.63) is 0 Å². The highest BCUT2D eigenvalue weighted by Gasteiger charge is 2.30. The Morgan fingerprint density at radius 1 is 0.967 bits per heavy atom. The van der Waals surface area contributed by atoms with Gasteiger partial charge in [-0.25, -0.2) is 0 Å². The van der Waals surface area contributed by atoms with Gasteiger partial charge in [0.2, 0.25) is 23.6 Å². The van der Waals surface area contributed by atoms with E-state index in [1.54, 1.807) is 6.92 Å². The van der Waals surface area contributed by atoms with Crippen molar-refractivity contribution in [2.24, 2.45) is 17.4 Å². The highest BCUT2D eigenvalue weighted by atomic mass is 32.2. The molecule has 0 spiro atoms. The molecule has 5 unspecified atom stereocenters. The second kappa shape index (κ2) is 13.8. The fraction of sp³-hybridized carbons (Fsp3) is 0.722. The molecule has 12 heteroatoms. The van der Waals surface area contributed by atoms with Crippen LogP contribution in [-0.4, -0.2) is 70.9 Å². The molecule has 0 saturated heterocycles. The van der Waals surface area contributed by atoms with E-state index in [9.17, 15) is 24.0 Å². The smallest absolute Gasteiger partial charge is 0.325 e. The fourth-order valence-electron chi connectivity index (χ4n) is 2.34. The molecule has 8 N–H and O–H groups in total. The van der Waals surface area contributed by atoms with Crippen molar-refractivity contribution in [2.75, 3.05) is 12.0 Å². The third-order valence-corrected chi connectivity index (χ3v) is 5.21. The Bertz CT molecular complexity index is 632. The molecule has 0 saturated carbocycles. The Labute approximate surface area is 180 Å². The molecule has 5 atom stereocenters. The minimum absolute atomic E-state index is 0.153. The van der Waals surface area contributed by atoms with Gasteiger partial charge in [0, 0.05) is 0 Å². The van der Waals surface area contributed by atoms with Gasteiger partial charge in [0.25, 0.3) is 0 Å². The zero-order chi connectivity index (χ0) is 23.4. The van der Waals surface area contributed by atoms with Crippen LogP contribution in [0.4, 0.5) is 0 Å². The zero-order valence-electron chi connectivity index (χ0n) is 17.8. The summed E-state index contributed by atoms with van der Waals surface area (Å²) in [4.78, 5) is 59.8. The van der Waals surface area contributed by atoms with Gasteiger partial charge in [0.1, 0.15) is 18.1 Å². The van der Waals surface area contributed by atoms with Crippen LogP contribution in [0.3, 0.4) is 0 Å². The summed E-state index contributed by atoms with van der Waals surface area (Å²) in [7, 11) is 0. The van der Waals surface area contributed by atoms with Crippen LogP contribution in [-0.2, 0) is 24.0 Å². The Hall–Kier alpha value is -2.34. The molecular formula is C18H33N5O6S. The molecular weight excluding hydrogens is 414 g/mol. The van der Waals surface area contributed by atoms with Gasteiger partial charge >= 0.3 is 5.97 Å². The number of hydrogen-bond acceptors (Lipinski definition) is 7. The fourth-order valence-corrected chi connectivity index (χ4v) is 2.81. The number of rotatable bonds is 14. The number of carboxylic acid groups (broad SMARTS) is 1. The van der Waals surface area contributed by atoms with Crippen LogP contribution in [0.2, 0.25) is 0 Å². The predicted molar refractivity (Wildman–Crippen MR) is 113 cm³/mol. The maximum Gasteiger partial charge on any atom is 0.325 e. The summed E-state index contributed by atoms with van der Waals surface area (Å²) in [5.74, 6) is -3.79. The Morgan fingerprint density at radius 3 is 1.97 bits per heavy atom. The molecule has 4 amide bonds. The quantitative estimate of drug-likeness (QED) is 0.186. The lowest BCUT2D eigenvalue weighted by atomic mass is 9.99. The number of carboxylic acids is 1. The van der Waals surface area contributed by atoms with Gasteiger partial charge in [-0.3, -0.25) is 24.0 Å². The van der Waals surface area contributed by atoms with Gasteiger partial charge in [0.05, 0.1) is 12.5 Å². The van der Waals surface area contributed by atoms with E-state index < -0.39 is 60.2 Å². The third kappa shape index (κ3) is 9.92. The Morgan fingerprint density at radius 2 is 1.50 bits per heavy atom. The van der Waals surface area contributed by atoms with E-state index in [4.69, 9.17) is 16.6 Å². The summed E-state index contributed by atoms with van der Waals surface area (Å²) >= 11 is 1.43. The lowest BCUT2D eigenvalue weighted by Gasteiger charge is -2.25. The Kier molecular flexibility index (Phi) is 12.7. The van der Waals surface area contributed by atoms with Gasteiger partial charge in [-0.1, -0.05) is 20.3 Å². The highest BCUT2D eigenvalue weighted by molar-refractivity contribution is 7.98. The van der Waals surface area contributed by atoms with E-state index in [0.717, 1.165) is 0 Å². The number of amides is 4. The lowest BCUT2D eigenvalue weighted by molar-refractivity contribution is -0.142. The van der Waals surface area contributed by atoms with Crippen molar-refractivity contribution >= 4 is 41.4 Å². The highest BCUT2D eigenvalue weighted by Crippen LogP contribution is 2.07. The average Bonchev–Trinajstić information content (AvgIpc) is 2.68. The first-order valence-electron chi connectivity index (χ1n) is 9.61. The van der Waals surface area contributed by atoms with Crippen molar-refractivity contribution in [1.29, 1.82) is 0 Å². The molecule has 0 aliphatic carbocycles. The molecule has 0 fully saturated rings. The molecule has 0 radical (unpaired) electrons. The first-order chi connectivity index (χ1) is 13.9. The topological polar surface area (TPSA) is 194 Å². The first-order valence-corrected chi connectivity index (χ1v) is 11.0. The van der Waals surface area contributed by atoms with Crippen LogP contribution < -0.4 is 27.4 Å². The van der Waals surface area contributed by atoms with E-state index in [2.05, 4.69) is 16.0 Å². The van der Waals surface area contributed by atoms with E-state index in [0.29, 0.717) is 12.2 Å². The summed E-state index contributed by atoms with van der Waals surface area (Å²) < 4.78 is 0. The van der Waals surface area contributed by atoms with Crippen LogP contribution in [0.5, 0.6) is 0 Å². The van der Waals surface area contributed by atoms with Crippen molar-refractivity contribution in [1.82, 2.24) is 16.0 Å². The van der Waals surface area contributed by atoms with Crippen LogP contribution in [0.15, 0.2) is 0 Å². The second-order valence-electron chi connectivity index (χ2n) is 7.05. The first kappa shape index (κ1) is 27.7. The van der Waals surface area contributed by atoms with Crippen molar-refractivity contribution in [3.8, 4) is 0 Å². The van der Waals surface area contributed by atoms with Gasteiger partial charge in [-0.2, -0.15) is 11.8 Å². The maximum absolute atomic E-state index is 12.7. The van der Waals surface area contributed by atoms with Crippen LogP contribution in [0, 0.1) is 5.92 Å². The van der Waals surface area contributed by atoms with Gasteiger partial charge in [0.15, 0.2) is 0 Å². The predicted octanol–water partition coefficient (Wildman–Crippen LogP) is -1.45. The summed E-state index contributed by atoms with van der Waals surface area (Å²) in [6, 6.07) is -4.40. The number of hydrogen-bond donors (Lipinski definition) is 6. The number of nitrogens with two attached hydrogens (primary N) is 2. The van der Waals surface area contributed by atoms with Crippen molar-refractivity contribution in [2.45, 2.75) is 64.2 Å². The third-order valence-electron chi connectivity index (χ3n) is 4.57. The molecule has 0 aromatic heterocycles. The number of thioether (sulfide) groups is 1. The normalized spacial score (nSPS) is 15.8. The zero-order valence-corrected chi connectivity index (χ0v) is 18.6. The van der Waals surface area contributed by atoms with Crippen LogP contribution in [0.25, 0.3) is 0 Å². The maximum atomic E-state index is 12.7. The average molecular weight is 448 g/mol. The number of primary amides is 1. The van der Waals surface area contributed by atoms with Crippen LogP contribution >= 0.6 is 11.8 Å². The number of aliphatic carboxylic acids is 1. The largest absolute Gasteiger partial charge is 0.480 e. The van der Waals surface area contributed by atoms with Gasteiger partial charge in [-0.05, 0) is 31.3 Å². The lowest BCUT2D eigenvalue weighted by Crippen LogP contribution is -2.58. The minimum Gasteiger partial charge on any atom is -0.480 e. The number of carbonyl (C=O) groups is 5. The monoisotopic (exact) mass is 447 g/mol. The van der Waals surface area contributed by atoms with Gasteiger partial charge in [-0.15, -0.1) is 0 Å². The van der Waals surface area contributed by atoms with Gasteiger partial charge < -0.3 is 32.5 Å². The molecule has 0 aromatic carbocycles. The van der Waals surface area contributed by atoms with E-state index >= 15 is 0 Å². The molecule has 0 aromatic rings. The second-order valence-corrected chi connectivity index (χ2v) is 8.04. The summed E-state index contributed by atoms with van der Waals surface area (Å²) in [6.07, 6.45) is 2.19. The number of nitrogens with one attached hydrogen (secondary N) is 3. The molecule has 172 valence electrons. The number of carbonyl (C=O) groups excluding carboxylic acids is 4. The minimum atomic E-state index is -1.31. The Balaban J connectivity index is 5.36. The molecule has 30 heavy (non-hydrogen) atoms. The van der Waals surface area contributed by atoms with Crippen LogP contribution in [0.1, 0.15) is 40.0 Å². The van der Waals surface area contributed by atoms with E-state index in [1.807, 2.05) is 13.2 Å². The molecule has 0 aliphatic heterocycles. The molecule has 0 heterocycles. The van der Waals surface area contributed by atoms with E-state index in [-0.39, 0.29) is 12.3 Å². The van der Waals surface area contributed by atoms with Crippen molar-refractivity contribution < 1.29 is 29.1 Å². The summed E-state index contributed by atoms with van der Waals surface area (Å²) in [6.45, 7) is 4.93. The standard InChI is InChI=1S/C18H33N5O6S/c1-5-9(2)14(20)17(27)23-12(8-13(19)24)16(26)22-11(6-7-30-4)15(25)21-10(3)18(28)29/h9-12,14H,5-8,20H2,1-4H3,(H2,19,24)(H,21,25)(H,22,26)(H,23,27)(H,28,29).